The van der Waals surface area contributed by atoms with Crippen molar-refractivity contribution >= 4 is 12.6 Å². The fourth-order valence-electron chi connectivity index (χ4n) is 3.37. The monoisotopic (exact) mass is 260 g/mol. The third kappa shape index (κ3) is 3.84. The van der Waals surface area contributed by atoms with Gasteiger partial charge in [0.25, 0.3) is 0 Å². The second-order valence-electron chi connectivity index (χ2n) is 5.86. The van der Waals surface area contributed by atoms with E-state index in [0.717, 1.165) is 11.5 Å². The summed E-state index contributed by atoms with van der Waals surface area (Å²) in [5, 5.41) is 18.9. The minimum absolute atomic E-state index is 0.510. The van der Waals surface area contributed by atoms with Gasteiger partial charge in [0.15, 0.2) is 0 Å². The number of hydrogen-bond acceptors (Lipinski definition) is 2. The molecular formula is C16H25BO2. The van der Waals surface area contributed by atoms with Crippen molar-refractivity contribution in [2.75, 3.05) is 0 Å². The summed E-state index contributed by atoms with van der Waals surface area (Å²) < 4.78 is 0. The molecule has 2 rings (SSSR count). The lowest BCUT2D eigenvalue weighted by molar-refractivity contribution is 0.304. The van der Waals surface area contributed by atoms with Gasteiger partial charge in [-0.15, -0.1) is 0 Å². The lowest BCUT2D eigenvalue weighted by Gasteiger charge is -2.30. The van der Waals surface area contributed by atoms with Gasteiger partial charge in [0.2, 0.25) is 0 Å². The molecule has 0 amide bonds. The third-order valence-corrected chi connectivity index (χ3v) is 4.53. The first-order valence-corrected chi connectivity index (χ1v) is 7.67. The molecule has 0 saturated heterocycles. The molecule has 0 unspecified atom stereocenters. The van der Waals surface area contributed by atoms with E-state index in [1.54, 1.807) is 0 Å². The molecule has 104 valence electrons. The Bertz CT molecular complexity index is 384. The molecular weight excluding hydrogens is 235 g/mol. The molecule has 0 spiro atoms. The topological polar surface area (TPSA) is 40.5 Å². The van der Waals surface area contributed by atoms with Gasteiger partial charge in [-0.05, 0) is 48.5 Å². The number of hydrogen-bond donors (Lipinski definition) is 2. The van der Waals surface area contributed by atoms with Gasteiger partial charge in [-0.25, -0.2) is 0 Å². The fraction of sp³-hybridized carbons (Fsp3) is 0.625. The average molecular weight is 260 g/mol. The Balaban J connectivity index is 1.98. The molecule has 2 N–H and O–H groups in total. The molecule has 0 bridgehead atoms. The molecule has 1 aliphatic rings. The highest BCUT2D eigenvalue weighted by atomic mass is 16.4. The van der Waals surface area contributed by atoms with E-state index in [0.29, 0.717) is 11.4 Å². The van der Waals surface area contributed by atoms with E-state index in [9.17, 15) is 10.0 Å². The molecule has 19 heavy (non-hydrogen) atoms. The normalized spacial score (nSPS) is 23.3. The van der Waals surface area contributed by atoms with E-state index < -0.39 is 7.12 Å². The molecule has 0 aliphatic heterocycles. The lowest BCUT2D eigenvalue weighted by atomic mass is 9.69. The zero-order valence-electron chi connectivity index (χ0n) is 11.9. The van der Waals surface area contributed by atoms with E-state index in [-0.39, 0.29) is 0 Å². The van der Waals surface area contributed by atoms with Crippen molar-refractivity contribution in [3.05, 3.63) is 29.8 Å². The predicted octanol–water partition coefficient (Wildman–Crippen LogP) is 2.83. The second kappa shape index (κ2) is 7.11. The first-order chi connectivity index (χ1) is 9.22. The van der Waals surface area contributed by atoms with Gasteiger partial charge in [-0.3, -0.25) is 0 Å². The predicted molar refractivity (Wildman–Crippen MR) is 80.5 cm³/mol. The number of unbranched alkanes of at least 4 members (excludes halogenated alkanes) is 1. The Morgan fingerprint density at radius 3 is 2.42 bits per heavy atom. The minimum atomic E-state index is -1.34. The average Bonchev–Trinajstić information content (AvgIpc) is 2.45. The van der Waals surface area contributed by atoms with Crippen LogP contribution in [0.1, 0.15) is 63.4 Å². The van der Waals surface area contributed by atoms with Crippen molar-refractivity contribution in [3.63, 3.8) is 0 Å². The van der Waals surface area contributed by atoms with Gasteiger partial charge in [-0.1, -0.05) is 50.5 Å². The SMILES string of the molecule is CCCCC1CCC(c2ccccc2B(O)O)CC1. The van der Waals surface area contributed by atoms with E-state index in [1.165, 1.54) is 44.9 Å². The highest BCUT2D eigenvalue weighted by Gasteiger charge is 2.26. The standard InChI is InChI=1S/C16H25BO2/c1-2-3-6-13-9-11-14(12-10-13)15-7-4-5-8-16(15)17(18)19/h4-5,7-8,13-14,18-19H,2-3,6,9-12H2,1H3. The summed E-state index contributed by atoms with van der Waals surface area (Å²) in [6, 6.07) is 7.78. The fourth-order valence-corrected chi connectivity index (χ4v) is 3.37. The van der Waals surface area contributed by atoms with Crippen LogP contribution in [0.15, 0.2) is 24.3 Å². The third-order valence-electron chi connectivity index (χ3n) is 4.53. The zero-order chi connectivity index (χ0) is 13.7. The van der Waals surface area contributed by atoms with Crippen LogP contribution in [-0.4, -0.2) is 17.2 Å². The molecule has 1 saturated carbocycles. The van der Waals surface area contributed by atoms with Crippen LogP contribution in [0.4, 0.5) is 0 Å². The van der Waals surface area contributed by atoms with Crippen molar-refractivity contribution in [2.24, 2.45) is 5.92 Å². The highest BCUT2D eigenvalue weighted by Crippen LogP contribution is 2.37. The summed E-state index contributed by atoms with van der Waals surface area (Å²) in [5.74, 6) is 1.40. The quantitative estimate of drug-likeness (QED) is 0.799. The minimum Gasteiger partial charge on any atom is -0.423 e. The van der Waals surface area contributed by atoms with Gasteiger partial charge in [0.05, 0.1) is 0 Å². The molecule has 1 aromatic rings. The molecule has 1 fully saturated rings. The van der Waals surface area contributed by atoms with Gasteiger partial charge >= 0.3 is 7.12 Å². The van der Waals surface area contributed by atoms with Crippen molar-refractivity contribution in [1.29, 1.82) is 0 Å². The smallest absolute Gasteiger partial charge is 0.423 e. The molecule has 1 aliphatic carbocycles. The van der Waals surface area contributed by atoms with Crippen molar-refractivity contribution in [1.82, 2.24) is 0 Å². The summed E-state index contributed by atoms with van der Waals surface area (Å²) in [6.07, 6.45) is 8.98. The van der Waals surface area contributed by atoms with Crippen LogP contribution in [0.3, 0.4) is 0 Å². The van der Waals surface area contributed by atoms with Gasteiger partial charge in [0.1, 0.15) is 0 Å². The van der Waals surface area contributed by atoms with Crippen LogP contribution in [-0.2, 0) is 0 Å². The molecule has 0 atom stereocenters. The Labute approximate surface area is 117 Å². The van der Waals surface area contributed by atoms with E-state index in [4.69, 9.17) is 0 Å². The van der Waals surface area contributed by atoms with Crippen molar-refractivity contribution in [3.8, 4) is 0 Å². The Morgan fingerprint density at radius 2 is 1.79 bits per heavy atom. The summed E-state index contributed by atoms with van der Waals surface area (Å²) in [7, 11) is -1.34. The summed E-state index contributed by atoms with van der Waals surface area (Å²) >= 11 is 0. The molecule has 0 radical (unpaired) electrons. The van der Waals surface area contributed by atoms with Crippen LogP contribution >= 0.6 is 0 Å². The molecule has 0 aromatic heterocycles. The van der Waals surface area contributed by atoms with Crippen LogP contribution in [0.25, 0.3) is 0 Å². The van der Waals surface area contributed by atoms with Crippen LogP contribution in [0.2, 0.25) is 0 Å². The van der Waals surface area contributed by atoms with E-state index in [2.05, 4.69) is 13.0 Å². The Kier molecular flexibility index (Phi) is 5.47. The van der Waals surface area contributed by atoms with Gasteiger partial charge < -0.3 is 10.0 Å². The summed E-state index contributed by atoms with van der Waals surface area (Å²) in [4.78, 5) is 0. The largest absolute Gasteiger partial charge is 0.488 e. The summed E-state index contributed by atoms with van der Waals surface area (Å²) in [6.45, 7) is 2.25. The van der Waals surface area contributed by atoms with Crippen LogP contribution in [0.5, 0.6) is 0 Å². The van der Waals surface area contributed by atoms with E-state index >= 15 is 0 Å². The molecule has 3 heteroatoms. The Morgan fingerprint density at radius 1 is 1.11 bits per heavy atom. The maximum absolute atomic E-state index is 9.46. The molecule has 2 nitrogen and oxygen atoms in total. The summed E-state index contributed by atoms with van der Waals surface area (Å²) in [5.41, 5.74) is 1.84. The maximum Gasteiger partial charge on any atom is 0.488 e. The van der Waals surface area contributed by atoms with Gasteiger partial charge in [-0.2, -0.15) is 0 Å². The first-order valence-electron chi connectivity index (χ1n) is 7.67. The first kappa shape index (κ1) is 14.6. The second-order valence-corrected chi connectivity index (χ2v) is 5.86. The number of benzene rings is 1. The van der Waals surface area contributed by atoms with E-state index in [1.807, 2.05) is 18.2 Å². The van der Waals surface area contributed by atoms with Crippen molar-refractivity contribution < 1.29 is 10.0 Å². The lowest BCUT2D eigenvalue weighted by Crippen LogP contribution is -2.34. The molecule has 1 aromatic carbocycles. The Hall–Kier alpha value is -0.795. The van der Waals surface area contributed by atoms with Gasteiger partial charge in [0, 0.05) is 0 Å². The highest BCUT2D eigenvalue weighted by molar-refractivity contribution is 6.59. The van der Waals surface area contributed by atoms with Crippen LogP contribution in [0, 0.1) is 5.92 Å². The maximum atomic E-state index is 9.46. The van der Waals surface area contributed by atoms with Crippen LogP contribution < -0.4 is 5.46 Å². The zero-order valence-corrected chi connectivity index (χ0v) is 11.9. The molecule has 0 heterocycles. The van der Waals surface area contributed by atoms with Crippen molar-refractivity contribution in [2.45, 2.75) is 57.8 Å². The number of rotatable bonds is 5.